The van der Waals surface area contributed by atoms with Crippen molar-refractivity contribution < 1.29 is 0 Å². The molecule has 88 valence electrons. The van der Waals surface area contributed by atoms with Crippen LogP contribution in [0.1, 0.15) is 59.8 Å². The lowest BCUT2D eigenvalue weighted by molar-refractivity contribution is 0.0872. The molecule has 2 unspecified atom stereocenters. The van der Waals surface area contributed by atoms with Crippen LogP contribution < -0.4 is 0 Å². The maximum absolute atomic E-state index is 2.41. The highest BCUT2D eigenvalue weighted by Crippen LogP contribution is 2.50. The molecule has 2 aliphatic rings. The molecule has 2 saturated carbocycles. The molecule has 0 radical (unpaired) electrons. The van der Waals surface area contributed by atoms with Crippen molar-refractivity contribution in [2.75, 3.05) is 0 Å². The largest absolute Gasteiger partial charge is 0.0625 e. The summed E-state index contributed by atoms with van der Waals surface area (Å²) < 4.78 is 0. The molecular formula is C15H28. The van der Waals surface area contributed by atoms with Gasteiger partial charge in [-0.1, -0.05) is 27.7 Å². The molecule has 0 aliphatic heterocycles. The molecule has 2 fully saturated rings. The summed E-state index contributed by atoms with van der Waals surface area (Å²) in [5.41, 5.74) is 0. The average Bonchev–Trinajstić information content (AvgIpc) is 2.49. The van der Waals surface area contributed by atoms with Crippen molar-refractivity contribution in [2.45, 2.75) is 59.8 Å². The molecule has 2 rings (SSSR count). The highest BCUT2D eigenvalue weighted by atomic mass is 14.4. The van der Waals surface area contributed by atoms with Gasteiger partial charge in [0, 0.05) is 0 Å². The fourth-order valence-electron chi connectivity index (χ4n) is 3.72. The van der Waals surface area contributed by atoms with Crippen molar-refractivity contribution in [3.05, 3.63) is 0 Å². The SMILES string of the molecule is CC(C)C1CCC(C2CC(C(C)C)C2)C1. The topological polar surface area (TPSA) is 0 Å². The predicted molar refractivity (Wildman–Crippen MR) is 66.7 cm³/mol. The number of rotatable bonds is 3. The molecule has 0 heterocycles. The summed E-state index contributed by atoms with van der Waals surface area (Å²) in [5, 5.41) is 0. The van der Waals surface area contributed by atoms with Crippen molar-refractivity contribution in [3.63, 3.8) is 0 Å². The van der Waals surface area contributed by atoms with Crippen molar-refractivity contribution in [2.24, 2.45) is 35.5 Å². The summed E-state index contributed by atoms with van der Waals surface area (Å²) in [6.07, 6.45) is 7.71. The van der Waals surface area contributed by atoms with E-state index in [0.717, 1.165) is 35.5 Å². The van der Waals surface area contributed by atoms with Crippen molar-refractivity contribution >= 4 is 0 Å². The molecule has 15 heavy (non-hydrogen) atoms. The minimum atomic E-state index is 0.927. The van der Waals surface area contributed by atoms with Crippen LogP contribution in [0.4, 0.5) is 0 Å². The van der Waals surface area contributed by atoms with Crippen molar-refractivity contribution in [3.8, 4) is 0 Å². The van der Waals surface area contributed by atoms with E-state index >= 15 is 0 Å². The van der Waals surface area contributed by atoms with Crippen LogP contribution in [-0.2, 0) is 0 Å². The monoisotopic (exact) mass is 208 g/mol. The lowest BCUT2D eigenvalue weighted by Crippen LogP contribution is -2.32. The minimum Gasteiger partial charge on any atom is -0.0625 e. The first-order valence-corrected chi connectivity index (χ1v) is 7.08. The Morgan fingerprint density at radius 3 is 1.67 bits per heavy atom. The second-order valence-corrected chi connectivity index (χ2v) is 6.81. The van der Waals surface area contributed by atoms with Gasteiger partial charge in [0.05, 0.1) is 0 Å². The molecule has 0 N–H and O–H groups in total. The third-order valence-corrected chi connectivity index (χ3v) is 5.28. The maximum atomic E-state index is 2.41. The summed E-state index contributed by atoms with van der Waals surface area (Å²) in [6, 6.07) is 0. The van der Waals surface area contributed by atoms with E-state index in [4.69, 9.17) is 0 Å². The standard InChI is InChI=1S/C15H28/c1-10(2)12-5-6-13(7-12)15-8-14(9-15)11(3)4/h10-15H,5-9H2,1-4H3. The zero-order valence-electron chi connectivity index (χ0n) is 11.0. The van der Waals surface area contributed by atoms with Crippen LogP contribution in [0.5, 0.6) is 0 Å². The molecule has 0 nitrogen and oxygen atoms in total. The molecular weight excluding hydrogens is 180 g/mol. The second kappa shape index (κ2) is 4.47. The van der Waals surface area contributed by atoms with Crippen LogP contribution in [0.3, 0.4) is 0 Å². The molecule has 0 aromatic rings. The summed E-state index contributed by atoms with van der Waals surface area (Å²) in [6.45, 7) is 9.61. The quantitative estimate of drug-likeness (QED) is 0.628. The van der Waals surface area contributed by atoms with Crippen molar-refractivity contribution in [1.82, 2.24) is 0 Å². The van der Waals surface area contributed by atoms with Gasteiger partial charge in [0.2, 0.25) is 0 Å². The highest BCUT2D eigenvalue weighted by Gasteiger charge is 2.39. The van der Waals surface area contributed by atoms with Crippen LogP contribution in [0.15, 0.2) is 0 Å². The van der Waals surface area contributed by atoms with Gasteiger partial charge >= 0.3 is 0 Å². The Morgan fingerprint density at radius 2 is 1.20 bits per heavy atom. The molecule has 0 amide bonds. The molecule has 2 aliphatic carbocycles. The molecule has 0 heteroatoms. The first-order valence-electron chi connectivity index (χ1n) is 7.08. The van der Waals surface area contributed by atoms with E-state index in [0.29, 0.717) is 0 Å². The van der Waals surface area contributed by atoms with Crippen LogP contribution in [0.2, 0.25) is 0 Å². The van der Waals surface area contributed by atoms with Gasteiger partial charge in [-0.25, -0.2) is 0 Å². The van der Waals surface area contributed by atoms with Gasteiger partial charge in [-0.2, -0.15) is 0 Å². The summed E-state index contributed by atoms with van der Waals surface area (Å²) in [7, 11) is 0. The van der Waals surface area contributed by atoms with E-state index < -0.39 is 0 Å². The Morgan fingerprint density at radius 1 is 0.667 bits per heavy atom. The third kappa shape index (κ3) is 2.40. The van der Waals surface area contributed by atoms with Gasteiger partial charge in [0.1, 0.15) is 0 Å². The van der Waals surface area contributed by atoms with E-state index in [1.807, 2.05) is 0 Å². The average molecular weight is 208 g/mol. The Kier molecular flexibility index (Phi) is 3.42. The van der Waals surface area contributed by atoms with E-state index in [-0.39, 0.29) is 0 Å². The van der Waals surface area contributed by atoms with Crippen LogP contribution in [0.25, 0.3) is 0 Å². The van der Waals surface area contributed by atoms with Gasteiger partial charge in [-0.3, -0.25) is 0 Å². The maximum Gasteiger partial charge on any atom is -0.0380 e. The lowest BCUT2D eigenvalue weighted by Gasteiger charge is -2.41. The summed E-state index contributed by atoms with van der Waals surface area (Å²) in [4.78, 5) is 0. The first kappa shape index (κ1) is 11.5. The Labute approximate surface area is 95.8 Å². The third-order valence-electron chi connectivity index (χ3n) is 5.28. The molecule has 0 aromatic carbocycles. The Bertz CT molecular complexity index is 198. The van der Waals surface area contributed by atoms with E-state index in [2.05, 4.69) is 27.7 Å². The zero-order chi connectivity index (χ0) is 11.0. The molecule has 0 saturated heterocycles. The van der Waals surface area contributed by atoms with Gasteiger partial charge in [-0.05, 0) is 67.6 Å². The fourth-order valence-corrected chi connectivity index (χ4v) is 3.72. The fraction of sp³-hybridized carbons (Fsp3) is 1.00. The van der Waals surface area contributed by atoms with Gasteiger partial charge in [-0.15, -0.1) is 0 Å². The van der Waals surface area contributed by atoms with Crippen LogP contribution >= 0.6 is 0 Å². The number of hydrogen-bond acceptors (Lipinski definition) is 0. The van der Waals surface area contributed by atoms with E-state index in [1.54, 1.807) is 25.7 Å². The van der Waals surface area contributed by atoms with Crippen LogP contribution in [-0.4, -0.2) is 0 Å². The smallest absolute Gasteiger partial charge is 0.0380 e. The second-order valence-electron chi connectivity index (χ2n) is 6.81. The van der Waals surface area contributed by atoms with E-state index in [9.17, 15) is 0 Å². The van der Waals surface area contributed by atoms with Crippen molar-refractivity contribution in [1.29, 1.82) is 0 Å². The van der Waals surface area contributed by atoms with Gasteiger partial charge in [0.15, 0.2) is 0 Å². The summed E-state index contributed by atoms with van der Waals surface area (Å²) >= 11 is 0. The Hall–Kier alpha value is 0. The summed E-state index contributed by atoms with van der Waals surface area (Å²) in [5.74, 6) is 6.19. The molecule has 0 bridgehead atoms. The molecule has 0 aromatic heterocycles. The highest BCUT2D eigenvalue weighted by molar-refractivity contribution is 4.90. The predicted octanol–water partition coefficient (Wildman–Crippen LogP) is 4.74. The van der Waals surface area contributed by atoms with Gasteiger partial charge < -0.3 is 0 Å². The molecule has 0 spiro atoms. The minimum absolute atomic E-state index is 0.927. The number of hydrogen-bond donors (Lipinski definition) is 0. The zero-order valence-corrected chi connectivity index (χ0v) is 11.0. The molecule has 2 atom stereocenters. The van der Waals surface area contributed by atoms with E-state index in [1.165, 1.54) is 6.42 Å². The Balaban J connectivity index is 1.74. The van der Waals surface area contributed by atoms with Gasteiger partial charge in [0.25, 0.3) is 0 Å². The van der Waals surface area contributed by atoms with Crippen LogP contribution in [0, 0.1) is 35.5 Å². The lowest BCUT2D eigenvalue weighted by atomic mass is 9.64. The normalized spacial score (nSPS) is 41.2. The first-order chi connectivity index (χ1) is 7.08.